The lowest BCUT2D eigenvalue weighted by atomic mass is 10.3. The molecule has 0 fully saturated rings. The van der Waals surface area contributed by atoms with Gasteiger partial charge in [0.15, 0.2) is 11.7 Å². The molecule has 0 rings (SSSR count). The summed E-state index contributed by atoms with van der Waals surface area (Å²) in [4.78, 5) is 0. The predicted octanol–water partition coefficient (Wildman–Crippen LogP) is 4.05. The Hall–Kier alpha value is -0.750. The summed E-state index contributed by atoms with van der Waals surface area (Å²) in [6, 6.07) is 0. The van der Waals surface area contributed by atoms with Crippen molar-refractivity contribution in [2.45, 2.75) is 13.8 Å². The van der Waals surface area contributed by atoms with Crippen LogP contribution in [0.15, 0.2) is 47.3 Å². The second kappa shape index (κ2) is 5.82. The summed E-state index contributed by atoms with van der Waals surface area (Å²) in [5, 5.41) is 0.192. The second-order valence-corrected chi connectivity index (χ2v) is 3.23. The van der Waals surface area contributed by atoms with Crippen LogP contribution in [-0.4, -0.2) is 0 Å². The number of hydrogen-bond acceptors (Lipinski definition) is 0. The number of halogens is 2. The maximum absolute atomic E-state index is 13.1. The first-order valence-corrected chi connectivity index (χ1v) is 4.37. The number of hydrogen-bond donors (Lipinski definition) is 0. The minimum atomic E-state index is -0.893. The largest absolute Gasteiger partial charge is 0.204 e. The molecule has 0 amide bonds. The van der Waals surface area contributed by atoms with Gasteiger partial charge in [-0.1, -0.05) is 24.3 Å². The summed E-state index contributed by atoms with van der Waals surface area (Å²) >= 11 is 0. The van der Waals surface area contributed by atoms with Gasteiger partial charge in [-0.05, 0) is 19.9 Å². The Bertz CT molecular complexity index is 285. The van der Waals surface area contributed by atoms with Crippen molar-refractivity contribution in [2.24, 2.45) is 0 Å². The topological polar surface area (TPSA) is 0 Å². The predicted molar refractivity (Wildman–Crippen MR) is 56.7 cm³/mol. The summed E-state index contributed by atoms with van der Waals surface area (Å²) in [6.07, 6.45) is 4.17. The van der Waals surface area contributed by atoms with Gasteiger partial charge < -0.3 is 0 Å². The average molecular weight is 202 g/mol. The van der Waals surface area contributed by atoms with Crippen molar-refractivity contribution in [3.8, 4) is 0 Å². The van der Waals surface area contributed by atoms with Gasteiger partial charge >= 0.3 is 0 Å². The van der Waals surface area contributed by atoms with Gasteiger partial charge in [0, 0.05) is 5.31 Å². The van der Waals surface area contributed by atoms with Crippen LogP contribution < -0.4 is 0 Å². The Morgan fingerprint density at radius 1 is 1.38 bits per heavy atom. The smallest absolute Gasteiger partial charge is 0.165 e. The van der Waals surface area contributed by atoms with E-state index in [0.717, 1.165) is 6.08 Å². The van der Waals surface area contributed by atoms with Crippen LogP contribution >= 0.6 is 9.24 Å². The molecule has 0 nitrogen and oxygen atoms in total. The van der Waals surface area contributed by atoms with Crippen LogP contribution in [0.2, 0.25) is 0 Å². The number of rotatable bonds is 3. The minimum Gasteiger partial charge on any atom is -0.204 e. The molecule has 0 aromatic carbocycles. The highest BCUT2D eigenvalue weighted by molar-refractivity contribution is 7.23. The van der Waals surface area contributed by atoms with Gasteiger partial charge in [0.1, 0.15) is 0 Å². The molecule has 13 heavy (non-hydrogen) atoms. The van der Waals surface area contributed by atoms with Crippen molar-refractivity contribution in [2.75, 3.05) is 0 Å². The molecule has 0 aliphatic heterocycles. The van der Waals surface area contributed by atoms with E-state index >= 15 is 0 Å². The van der Waals surface area contributed by atoms with Gasteiger partial charge in [0.25, 0.3) is 0 Å². The lowest BCUT2D eigenvalue weighted by Gasteiger charge is -1.96. The third kappa shape index (κ3) is 4.74. The molecule has 0 radical (unpaired) electrons. The van der Waals surface area contributed by atoms with Crippen LogP contribution in [-0.2, 0) is 0 Å². The quantitative estimate of drug-likeness (QED) is 0.478. The van der Waals surface area contributed by atoms with Gasteiger partial charge in [0.2, 0.25) is 0 Å². The SMILES string of the molecule is C=C(C)/C=C(F)/C(F)=C(P)\C=C/C. The highest BCUT2D eigenvalue weighted by Crippen LogP contribution is 2.23. The van der Waals surface area contributed by atoms with Crippen molar-refractivity contribution in [1.29, 1.82) is 0 Å². The van der Waals surface area contributed by atoms with Crippen LogP contribution in [0.3, 0.4) is 0 Å². The fraction of sp³-hybridized carbons (Fsp3) is 0.200. The normalized spacial score (nSPS) is 14.7. The van der Waals surface area contributed by atoms with E-state index in [2.05, 4.69) is 15.8 Å². The Labute approximate surface area is 79.9 Å². The first-order chi connectivity index (χ1) is 5.99. The molecule has 0 aromatic rings. The summed E-state index contributed by atoms with van der Waals surface area (Å²) in [5.74, 6) is -1.76. The Kier molecular flexibility index (Phi) is 5.48. The monoisotopic (exact) mass is 202 g/mol. The standard InChI is InChI=1S/C10H13F2P/c1-4-5-9(13)10(12)8(11)6-7(2)3/h4-6H,2,13H2,1,3H3/b5-4-,8-6-,10-9-. The van der Waals surface area contributed by atoms with Crippen LogP contribution in [0, 0.1) is 0 Å². The van der Waals surface area contributed by atoms with E-state index in [1.807, 2.05) is 0 Å². The molecule has 0 aromatic heterocycles. The molecule has 72 valence electrons. The van der Waals surface area contributed by atoms with Gasteiger partial charge in [-0.25, -0.2) is 8.78 Å². The summed E-state index contributed by atoms with van der Waals surface area (Å²) in [6.45, 7) is 6.79. The maximum atomic E-state index is 13.1. The summed E-state index contributed by atoms with van der Waals surface area (Å²) < 4.78 is 26.0. The van der Waals surface area contributed by atoms with E-state index in [1.54, 1.807) is 19.9 Å². The van der Waals surface area contributed by atoms with Crippen molar-refractivity contribution in [3.05, 3.63) is 47.3 Å². The van der Waals surface area contributed by atoms with E-state index in [-0.39, 0.29) is 5.31 Å². The fourth-order valence-corrected chi connectivity index (χ4v) is 1.00. The van der Waals surface area contributed by atoms with E-state index in [0.29, 0.717) is 5.57 Å². The molecule has 0 aliphatic rings. The summed E-state index contributed by atoms with van der Waals surface area (Å²) in [7, 11) is 2.13. The van der Waals surface area contributed by atoms with Crippen molar-refractivity contribution >= 4 is 9.24 Å². The van der Waals surface area contributed by atoms with Gasteiger partial charge in [-0.15, -0.1) is 9.24 Å². The van der Waals surface area contributed by atoms with E-state index in [1.165, 1.54) is 6.08 Å². The molecule has 0 bridgehead atoms. The Balaban J connectivity index is 4.87. The van der Waals surface area contributed by atoms with Crippen LogP contribution in [0.5, 0.6) is 0 Å². The molecule has 3 heteroatoms. The molecular weight excluding hydrogens is 189 g/mol. The first-order valence-electron chi connectivity index (χ1n) is 3.80. The zero-order valence-corrected chi connectivity index (χ0v) is 8.93. The first kappa shape index (κ1) is 12.2. The van der Waals surface area contributed by atoms with E-state index in [4.69, 9.17) is 0 Å². The van der Waals surface area contributed by atoms with Crippen LogP contribution in [0.4, 0.5) is 8.78 Å². The summed E-state index contributed by atoms with van der Waals surface area (Å²) in [5.41, 5.74) is 0.478. The van der Waals surface area contributed by atoms with Crippen molar-refractivity contribution in [3.63, 3.8) is 0 Å². The Morgan fingerprint density at radius 3 is 2.31 bits per heavy atom. The van der Waals surface area contributed by atoms with Gasteiger partial charge in [0.05, 0.1) is 0 Å². The van der Waals surface area contributed by atoms with Crippen molar-refractivity contribution in [1.82, 2.24) is 0 Å². The molecule has 1 unspecified atom stereocenters. The van der Waals surface area contributed by atoms with E-state index < -0.39 is 11.7 Å². The zero-order valence-electron chi connectivity index (χ0n) is 7.77. The molecule has 0 heterocycles. The van der Waals surface area contributed by atoms with Gasteiger partial charge in [-0.2, -0.15) is 0 Å². The van der Waals surface area contributed by atoms with E-state index in [9.17, 15) is 8.78 Å². The second-order valence-electron chi connectivity index (χ2n) is 2.61. The molecule has 0 saturated carbocycles. The van der Waals surface area contributed by atoms with Crippen LogP contribution in [0.25, 0.3) is 0 Å². The minimum absolute atomic E-state index is 0.192. The number of allylic oxidation sites excluding steroid dienone is 7. The highest BCUT2D eigenvalue weighted by Gasteiger charge is 2.05. The van der Waals surface area contributed by atoms with Gasteiger partial charge in [-0.3, -0.25) is 0 Å². The highest BCUT2D eigenvalue weighted by atomic mass is 31.0. The third-order valence-corrected chi connectivity index (χ3v) is 1.63. The molecule has 0 spiro atoms. The lowest BCUT2D eigenvalue weighted by Crippen LogP contribution is -1.79. The molecule has 0 aliphatic carbocycles. The molecule has 0 saturated heterocycles. The third-order valence-electron chi connectivity index (χ3n) is 1.18. The van der Waals surface area contributed by atoms with Crippen molar-refractivity contribution < 1.29 is 8.78 Å². The molecule has 0 N–H and O–H groups in total. The zero-order chi connectivity index (χ0) is 10.4. The van der Waals surface area contributed by atoms with Crippen LogP contribution in [0.1, 0.15) is 13.8 Å². The average Bonchev–Trinajstić information content (AvgIpc) is 2.02. The molecular formula is C10H13F2P. The Morgan fingerprint density at radius 2 is 1.92 bits per heavy atom. The fourth-order valence-electron chi connectivity index (χ4n) is 0.670. The maximum Gasteiger partial charge on any atom is 0.165 e. The molecule has 1 atom stereocenters. The lowest BCUT2D eigenvalue weighted by molar-refractivity contribution is 0.543.